The Morgan fingerprint density at radius 3 is 2.43 bits per heavy atom. The average molecular weight is 497 g/mol. The summed E-state index contributed by atoms with van der Waals surface area (Å²) in [5.74, 6) is -0.331. The number of aromatic nitrogens is 4. The number of aryl methyl sites for hydroxylation is 2. The molecule has 0 fully saturated rings. The number of carbonyl (C=O) groups is 1. The molecule has 1 unspecified atom stereocenters. The summed E-state index contributed by atoms with van der Waals surface area (Å²) in [5.41, 5.74) is 0.630. The van der Waals surface area contributed by atoms with Crippen LogP contribution in [-0.4, -0.2) is 39.7 Å². The molecular weight excluding hydrogens is 472 g/mol. The number of anilines is 1. The van der Waals surface area contributed by atoms with Crippen molar-refractivity contribution in [1.82, 2.24) is 24.1 Å². The predicted molar refractivity (Wildman–Crippen MR) is 131 cm³/mol. The molecule has 0 saturated heterocycles. The van der Waals surface area contributed by atoms with E-state index in [4.69, 9.17) is 0 Å². The Labute approximate surface area is 200 Å². The molecule has 0 bridgehead atoms. The van der Waals surface area contributed by atoms with Crippen LogP contribution in [0.5, 0.6) is 0 Å². The zero-order chi connectivity index (χ0) is 25.3. The summed E-state index contributed by atoms with van der Waals surface area (Å²) in [6.07, 6.45) is 0.0825. The number of carbonyl (C=O) groups excluding carboxylic acids is 1. The highest BCUT2D eigenvalue weighted by Crippen LogP contribution is 2.17. The van der Waals surface area contributed by atoms with Crippen molar-refractivity contribution in [3.05, 3.63) is 86.7 Å². The van der Waals surface area contributed by atoms with Gasteiger partial charge < -0.3 is 5.32 Å². The highest BCUT2D eigenvalue weighted by atomic mass is 32.2. The fourth-order valence-electron chi connectivity index (χ4n) is 3.73. The largest absolute Gasteiger partial charge is 0.330 e. The van der Waals surface area contributed by atoms with Crippen LogP contribution in [0.4, 0.5) is 5.82 Å². The number of hydrogen-bond donors (Lipinski definition) is 3. The molecule has 4 rings (SSSR count). The summed E-state index contributed by atoms with van der Waals surface area (Å²) in [7, 11) is -1.42. The molecule has 2 heterocycles. The molecule has 0 saturated carbocycles. The zero-order valence-electron chi connectivity index (χ0n) is 19.3. The van der Waals surface area contributed by atoms with Crippen molar-refractivity contribution in [2.45, 2.75) is 24.3 Å². The molecule has 0 aliphatic rings. The number of nitrogens with zero attached hydrogens (tertiary/aromatic N) is 3. The van der Waals surface area contributed by atoms with Crippen molar-refractivity contribution >= 4 is 32.7 Å². The third-order valence-electron chi connectivity index (χ3n) is 5.60. The standard InChI is InChI=1S/C23H24N6O5S/c1-14-11-20(26-25-14)24-21(30)18(12-15-7-5-4-6-8-15)27-35(33,34)16-9-10-19-17(13-16)22(31)29(3)23(32)28(19)2/h4-11,13,18,27H,12H2,1-3H3,(H2,24,25,26,30). The van der Waals surface area contributed by atoms with Crippen molar-refractivity contribution in [3.63, 3.8) is 0 Å². The van der Waals surface area contributed by atoms with Crippen molar-refractivity contribution in [2.75, 3.05) is 5.32 Å². The van der Waals surface area contributed by atoms with E-state index in [0.717, 1.165) is 15.8 Å². The van der Waals surface area contributed by atoms with Crippen LogP contribution in [-0.2, 0) is 35.3 Å². The first-order valence-electron chi connectivity index (χ1n) is 10.7. The van der Waals surface area contributed by atoms with Gasteiger partial charge in [-0.3, -0.25) is 23.8 Å². The van der Waals surface area contributed by atoms with Gasteiger partial charge in [0.25, 0.3) is 5.56 Å². The van der Waals surface area contributed by atoms with E-state index in [0.29, 0.717) is 5.52 Å². The lowest BCUT2D eigenvalue weighted by atomic mass is 10.1. The maximum Gasteiger partial charge on any atom is 0.330 e. The number of rotatable bonds is 7. The Kier molecular flexibility index (Phi) is 6.41. The van der Waals surface area contributed by atoms with E-state index >= 15 is 0 Å². The molecule has 0 spiro atoms. The van der Waals surface area contributed by atoms with Gasteiger partial charge in [0.05, 0.1) is 15.8 Å². The van der Waals surface area contributed by atoms with E-state index in [2.05, 4.69) is 20.2 Å². The molecule has 1 atom stereocenters. The monoisotopic (exact) mass is 496 g/mol. The van der Waals surface area contributed by atoms with Crippen LogP contribution in [0.25, 0.3) is 10.9 Å². The molecular formula is C23H24N6O5S. The minimum absolute atomic E-state index is 0.0635. The van der Waals surface area contributed by atoms with E-state index < -0.39 is 33.2 Å². The third kappa shape index (κ3) is 4.93. The summed E-state index contributed by atoms with van der Waals surface area (Å²) in [4.78, 5) is 37.6. The molecule has 4 aromatic rings. The Hall–Kier alpha value is -4.03. The van der Waals surface area contributed by atoms with Crippen LogP contribution >= 0.6 is 0 Å². The molecule has 11 nitrogen and oxygen atoms in total. The molecule has 12 heteroatoms. The Balaban J connectivity index is 1.70. The maximum atomic E-state index is 13.3. The van der Waals surface area contributed by atoms with Gasteiger partial charge in [-0.2, -0.15) is 9.82 Å². The van der Waals surface area contributed by atoms with Crippen LogP contribution < -0.4 is 21.3 Å². The van der Waals surface area contributed by atoms with Crippen LogP contribution in [0.2, 0.25) is 0 Å². The summed E-state index contributed by atoms with van der Waals surface area (Å²) in [5, 5.41) is 9.36. The van der Waals surface area contributed by atoms with E-state index in [1.54, 1.807) is 37.3 Å². The number of benzene rings is 2. The first-order chi connectivity index (χ1) is 16.6. The number of hydrogen-bond acceptors (Lipinski definition) is 6. The van der Waals surface area contributed by atoms with Crippen molar-refractivity contribution < 1.29 is 13.2 Å². The van der Waals surface area contributed by atoms with Gasteiger partial charge in [-0.25, -0.2) is 13.2 Å². The number of H-pyrrole nitrogens is 1. The Morgan fingerprint density at radius 1 is 1.06 bits per heavy atom. The predicted octanol–water partition coefficient (Wildman–Crippen LogP) is 0.797. The summed E-state index contributed by atoms with van der Waals surface area (Å²) >= 11 is 0. The smallest absolute Gasteiger partial charge is 0.308 e. The van der Waals surface area contributed by atoms with E-state index in [9.17, 15) is 22.8 Å². The average Bonchev–Trinajstić information content (AvgIpc) is 3.25. The Bertz CT molecular complexity index is 1640. The summed E-state index contributed by atoms with van der Waals surface area (Å²) < 4.78 is 31.2. The topological polar surface area (TPSA) is 148 Å². The molecule has 2 aromatic carbocycles. The third-order valence-corrected chi connectivity index (χ3v) is 7.07. The van der Waals surface area contributed by atoms with E-state index in [1.165, 1.54) is 36.9 Å². The fraction of sp³-hybridized carbons (Fsp3) is 0.217. The quantitative estimate of drug-likeness (QED) is 0.345. The first kappa shape index (κ1) is 24.1. The number of amides is 1. The molecule has 3 N–H and O–H groups in total. The molecule has 2 aromatic heterocycles. The van der Waals surface area contributed by atoms with Crippen molar-refractivity contribution in [1.29, 1.82) is 0 Å². The second-order valence-corrected chi connectivity index (χ2v) is 9.89. The van der Waals surface area contributed by atoms with Gasteiger partial charge in [-0.1, -0.05) is 30.3 Å². The second kappa shape index (κ2) is 9.31. The van der Waals surface area contributed by atoms with Gasteiger partial charge in [0.1, 0.15) is 6.04 Å². The maximum absolute atomic E-state index is 13.3. The summed E-state index contributed by atoms with van der Waals surface area (Å²) in [6, 6.07) is 13.3. The fourth-order valence-corrected chi connectivity index (χ4v) is 4.95. The number of aromatic amines is 1. The zero-order valence-corrected chi connectivity index (χ0v) is 20.1. The number of nitrogens with one attached hydrogen (secondary N) is 3. The van der Waals surface area contributed by atoms with Gasteiger partial charge >= 0.3 is 5.69 Å². The molecule has 35 heavy (non-hydrogen) atoms. The molecule has 1 amide bonds. The van der Waals surface area contributed by atoms with Gasteiger partial charge in [0.15, 0.2) is 5.82 Å². The van der Waals surface area contributed by atoms with Crippen LogP contribution in [0, 0.1) is 6.92 Å². The highest BCUT2D eigenvalue weighted by Gasteiger charge is 2.27. The second-order valence-electron chi connectivity index (χ2n) is 8.17. The lowest BCUT2D eigenvalue weighted by molar-refractivity contribution is -0.117. The minimum Gasteiger partial charge on any atom is -0.308 e. The lowest BCUT2D eigenvalue weighted by Gasteiger charge is -2.18. The van der Waals surface area contributed by atoms with Gasteiger partial charge in [-0.05, 0) is 37.1 Å². The highest BCUT2D eigenvalue weighted by molar-refractivity contribution is 7.89. The molecule has 0 radical (unpaired) electrons. The van der Waals surface area contributed by atoms with Gasteiger partial charge in [-0.15, -0.1) is 0 Å². The summed E-state index contributed by atoms with van der Waals surface area (Å²) in [6.45, 7) is 1.77. The number of fused-ring (bicyclic) bond motifs is 1. The minimum atomic E-state index is -4.23. The van der Waals surface area contributed by atoms with Crippen molar-refractivity contribution in [2.24, 2.45) is 14.1 Å². The SMILES string of the molecule is Cc1cc(NC(=O)C(Cc2ccccc2)NS(=O)(=O)c2ccc3c(c2)c(=O)n(C)c(=O)n3C)n[nH]1. The first-order valence-corrected chi connectivity index (χ1v) is 12.1. The normalized spacial score (nSPS) is 12.5. The van der Waals surface area contributed by atoms with Gasteiger partial charge in [0.2, 0.25) is 15.9 Å². The molecule has 0 aliphatic heterocycles. The lowest BCUT2D eigenvalue weighted by Crippen LogP contribution is -2.45. The van der Waals surface area contributed by atoms with Gasteiger partial charge in [0, 0.05) is 25.9 Å². The number of sulfonamides is 1. The van der Waals surface area contributed by atoms with E-state index in [-0.39, 0.29) is 22.5 Å². The van der Waals surface area contributed by atoms with Crippen LogP contribution in [0.15, 0.2) is 69.1 Å². The van der Waals surface area contributed by atoms with Crippen LogP contribution in [0.1, 0.15) is 11.3 Å². The Morgan fingerprint density at radius 2 is 1.77 bits per heavy atom. The van der Waals surface area contributed by atoms with Crippen LogP contribution in [0.3, 0.4) is 0 Å². The molecule has 182 valence electrons. The van der Waals surface area contributed by atoms with E-state index in [1.807, 2.05) is 6.07 Å². The van der Waals surface area contributed by atoms with Crippen molar-refractivity contribution in [3.8, 4) is 0 Å². The molecule has 0 aliphatic carbocycles.